The third kappa shape index (κ3) is 3.42. The fourth-order valence-corrected chi connectivity index (χ4v) is 8.40. The zero-order chi connectivity index (χ0) is 21.9. The van der Waals surface area contributed by atoms with Gasteiger partial charge in [0.25, 0.3) is 0 Å². The minimum absolute atomic E-state index is 0.122. The van der Waals surface area contributed by atoms with Crippen LogP contribution in [-0.4, -0.2) is 18.0 Å². The molecule has 32 heavy (non-hydrogen) atoms. The van der Waals surface area contributed by atoms with Crippen LogP contribution >= 0.6 is 11.3 Å². The molecule has 1 heterocycles. The Balaban J connectivity index is 1.23. The Morgan fingerprint density at radius 3 is 2.59 bits per heavy atom. The zero-order valence-corrected chi connectivity index (χ0v) is 19.6. The van der Waals surface area contributed by atoms with Crippen molar-refractivity contribution in [2.24, 2.45) is 17.3 Å². The van der Waals surface area contributed by atoms with E-state index in [-0.39, 0.29) is 16.7 Å². The number of fused-ring (bicyclic) bond motifs is 1. The minimum Gasteiger partial charge on any atom is -0.497 e. The lowest BCUT2D eigenvalue weighted by Crippen LogP contribution is -2.54. The Kier molecular flexibility index (Phi) is 4.62. The number of aromatic nitrogens is 1. The molecule has 4 bridgehead atoms. The van der Waals surface area contributed by atoms with Crippen molar-refractivity contribution in [1.82, 2.24) is 4.98 Å². The molecule has 2 unspecified atom stereocenters. The van der Waals surface area contributed by atoms with Gasteiger partial charge in [-0.05, 0) is 91.9 Å². The smallest absolute Gasteiger partial charge is 0.226 e. The minimum atomic E-state index is 0.122. The summed E-state index contributed by atoms with van der Waals surface area (Å²) in [6, 6.07) is 15.1. The molecule has 4 nitrogen and oxygen atoms in total. The molecule has 166 valence electrons. The predicted molar refractivity (Wildman–Crippen MR) is 129 cm³/mol. The summed E-state index contributed by atoms with van der Waals surface area (Å²) in [7, 11) is 1.67. The second-order valence-corrected chi connectivity index (χ2v) is 11.7. The lowest BCUT2D eigenvalue weighted by Gasteiger charge is -2.62. The van der Waals surface area contributed by atoms with Crippen LogP contribution in [0.1, 0.15) is 56.1 Å². The molecular weight excluding hydrogens is 416 g/mol. The summed E-state index contributed by atoms with van der Waals surface area (Å²) < 4.78 is 6.35. The van der Waals surface area contributed by atoms with Crippen LogP contribution in [0.3, 0.4) is 0 Å². The molecule has 4 aliphatic carbocycles. The summed E-state index contributed by atoms with van der Waals surface area (Å²) in [4.78, 5) is 17.8. The van der Waals surface area contributed by atoms with E-state index in [9.17, 15) is 4.79 Å². The number of hydrogen-bond donors (Lipinski definition) is 1. The second-order valence-electron chi connectivity index (χ2n) is 10.7. The van der Waals surface area contributed by atoms with Gasteiger partial charge in [0.05, 0.1) is 17.3 Å². The first kappa shape index (κ1) is 20.2. The van der Waals surface area contributed by atoms with Crippen molar-refractivity contribution in [3.8, 4) is 5.75 Å². The maximum absolute atomic E-state index is 13.2. The average molecular weight is 447 g/mol. The molecule has 0 aliphatic heterocycles. The lowest BCUT2D eigenvalue weighted by molar-refractivity contribution is -0.126. The topological polar surface area (TPSA) is 51.2 Å². The Labute approximate surface area is 193 Å². The number of rotatable bonds is 5. The normalized spacial score (nSPS) is 30.6. The van der Waals surface area contributed by atoms with Crippen molar-refractivity contribution >= 4 is 32.6 Å². The van der Waals surface area contributed by atoms with Gasteiger partial charge in [-0.15, -0.1) is 0 Å². The number of ether oxygens (including phenoxy) is 1. The van der Waals surface area contributed by atoms with Crippen molar-refractivity contribution in [3.63, 3.8) is 0 Å². The number of anilines is 1. The zero-order valence-electron chi connectivity index (χ0n) is 18.8. The molecular formula is C27H30N2O2S. The van der Waals surface area contributed by atoms with E-state index < -0.39 is 0 Å². The van der Waals surface area contributed by atoms with Crippen molar-refractivity contribution in [3.05, 3.63) is 53.6 Å². The first-order valence-electron chi connectivity index (χ1n) is 11.8. The molecule has 4 aliphatic rings. The number of amides is 1. The molecule has 4 saturated carbocycles. The summed E-state index contributed by atoms with van der Waals surface area (Å²) >= 11 is 1.52. The first-order valence-corrected chi connectivity index (χ1v) is 12.6. The number of nitrogens with one attached hydrogen (secondary N) is 1. The molecule has 4 fully saturated rings. The molecule has 3 aromatic rings. The Bertz CT molecular complexity index is 1170. The first-order chi connectivity index (χ1) is 15.4. The third-order valence-corrected chi connectivity index (χ3v) is 9.16. The number of benzene rings is 2. The number of aryl methyl sites for hydroxylation is 1. The van der Waals surface area contributed by atoms with Gasteiger partial charge in [-0.2, -0.15) is 0 Å². The van der Waals surface area contributed by atoms with Gasteiger partial charge < -0.3 is 10.1 Å². The molecule has 0 radical (unpaired) electrons. The van der Waals surface area contributed by atoms with Crippen LogP contribution in [0.2, 0.25) is 0 Å². The number of hydrogen-bond acceptors (Lipinski definition) is 4. The average Bonchev–Trinajstić information content (AvgIpc) is 3.13. The molecule has 0 saturated heterocycles. The van der Waals surface area contributed by atoms with E-state index in [1.165, 1.54) is 54.6 Å². The van der Waals surface area contributed by atoms with Crippen molar-refractivity contribution in [2.45, 2.75) is 57.3 Å². The number of methoxy groups -OCH3 is 1. The van der Waals surface area contributed by atoms with Crippen LogP contribution in [0, 0.1) is 24.2 Å². The Morgan fingerprint density at radius 1 is 1.12 bits per heavy atom. The Morgan fingerprint density at radius 2 is 1.88 bits per heavy atom. The van der Waals surface area contributed by atoms with E-state index in [1.807, 2.05) is 18.2 Å². The monoisotopic (exact) mass is 446 g/mol. The highest BCUT2D eigenvalue weighted by atomic mass is 32.1. The predicted octanol–water partition coefficient (Wildman–Crippen LogP) is 6.48. The largest absolute Gasteiger partial charge is 0.497 e. The maximum Gasteiger partial charge on any atom is 0.226 e. The van der Waals surface area contributed by atoms with Gasteiger partial charge in [0.1, 0.15) is 5.75 Å². The lowest BCUT2D eigenvalue weighted by atomic mass is 9.42. The van der Waals surface area contributed by atoms with Gasteiger partial charge in [-0.1, -0.05) is 41.2 Å². The molecule has 1 aromatic heterocycles. The molecule has 2 atom stereocenters. The summed E-state index contributed by atoms with van der Waals surface area (Å²) in [5.41, 5.74) is 4.13. The van der Waals surface area contributed by atoms with Crippen LogP contribution in [0.15, 0.2) is 42.5 Å². The van der Waals surface area contributed by atoms with E-state index >= 15 is 0 Å². The van der Waals surface area contributed by atoms with Gasteiger partial charge in [0, 0.05) is 6.42 Å². The van der Waals surface area contributed by atoms with Gasteiger partial charge in [-0.3, -0.25) is 4.79 Å². The number of nitrogens with zero attached hydrogens (tertiary/aromatic N) is 1. The van der Waals surface area contributed by atoms with Gasteiger partial charge in [0.15, 0.2) is 5.13 Å². The molecule has 7 rings (SSSR count). The molecule has 0 spiro atoms. The van der Waals surface area contributed by atoms with Crippen LogP contribution in [-0.2, 0) is 10.2 Å². The van der Waals surface area contributed by atoms with E-state index in [4.69, 9.17) is 4.74 Å². The van der Waals surface area contributed by atoms with E-state index in [1.54, 1.807) is 7.11 Å². The van der Waals surface area contributed by atoms with E-state index in [2.05, 4.69) is 41.5 Å². The van der Waals surface area contributed by atoms with Crippen LogP contribution in [0.4, 0.5) is 5.13 Å². The number of thiazole rings is 1. The van der Waals surface area contributed by atoms with Crippen molar-refractivity contribution in [2.75, 3.05) is 12.4 Å². The summed E-state index contributed by atoms with van der Waals surface area (Å²) in [5, 5.41) is 3.82. The molecule has 5 heteroatoms. The molecule has 1 N–H and O–H groups in total. The fraction of sp³-hybridized carbons (Fsp3) is 0.481. The van der Waals surface area contributed by atoms with Gasteiger partial charge in [-0.25, -0.2) is 4.98 Å². The second kappa shape index (κ2) is 7.31. The van der Waals surface area contributed by atoms with Crippen LogP contribution in [0.25, 0.3) is 10.2 Å². The van der Waals surface area contributed by atoms with E-state index in [0.29, 0.717) is 11.6 Å². The SMILES string of the molecule is COc1ccc2nc(NC(=O)CC34CC5CC(C3)CC(c3ccc(C)cc3)(C5)C4)sc2c1. The van der Waals surface area contributed by atoms with Crippen molar-refractivity contribution < 1.29 is 9.53 Å². The third-order valence-electron chi connectivity index (χ3n) is 8.22. The highest BCUT2D eigenvalue weighted by molar-refractivity contribution is 7.22. The standard InChI is InChI=1S/C27H30N2O2S/c1-17-3-5-20(6-4-17)27-13-18-9-19(14-27)12-26(11-18,16-27)15-24(30)29-25-28-22-8-7-21(31-2)10-23(22)32-25/h3-8,10,18-19H,9,11-16H2,1-2H3,(H,28,29,30). The molecule has 2 aromatic carbocycles. The summed E-state index contributed by atoms with van der Waals surface area (Å²) in [6.45, 7) is 2.16. The quantitative estimate of drug-likeness (QED) is 0.488. The fourth-order valence-electron chi connectivity index (χ4n) is 7.49. The van der Waals surface area contributed by atoms with Gasteiger partial charge >= 0.3 is 0 Å². The summed E-state index contributed by atoms with van der Waals surface area (Å²) in [5.74, 6) is 2.46. The van der Waals surface area contributed by atoms with Crippen LogP contribution < -0.4 is 10.1 Å². The Hall–Kier alpha value is -2.40. The number of carbonyl (C=O) groups excluding carboxylic acids is 1. The van der Waals surface area contributed by atoms with Gasteiger partial charge in [0.2, 0.25) is 5.91 Å². The summed E-state index contributed by atoms with van der Waals surface area (Å²) in [6.07, 6.45) is 8.15. The van der Waals surface area contributed by atoms with E-state index in [0.717, 1.165) is 34.2 Å². The highest BCUT2D eigenvalue weighted by Gasteiger charge is 2.58. The molecule has 1 amide bonds. The maximum atomic E-state index is 13.2. The highest BCUT2D eigenvalue weighted by Crippen LogP contribution is 2.66. The van der Waals surface area contributed by atoms with Crippen molar-refractivity contribution in [1.29, 1.82) is 0 Å². The van der Waals surface area contributed by atoms with Crippen LogP contribution in [0.5, 0.6) is 5.75 Å². The number of carbonyl (C=O) groups is 1.